The molecule has 2 aromatic carbocycles. The number of aromatic nitrogens is 2. The summed E-state index contributed by atoms with van der Waals surface area (Å²) in [4.78, 5) is 29.2. The first kappa shape index (κ1) is 22.4. The number of nitrogens with zero attached hydrogens (tertiary/aromatic N) is 4. The van der Waals surface area contributed by atoms with Gasteiger partial charge in [-0.1, -0.05) is 83.4 Å². The maximum Gasteiger partial charge on any atom is 0.233 e. The molecule has 0 N–H and O–H groups in total. The topological polar surface area (TPSA) is 66.4 Å². The molecule has 2 amide bonds. The molecule has 0 saturated heterocycles. The van der Waals surface area contributed by atoms with Crippen LogP contribution in [0.15, 0.2) is 57.2 Å². The van der Waals surface area contributed by atoms with Gasteiger partial charge in [-0.15, -0.1) is 10.2 Å². The number of carbonyl (C=O) groups excluding carboxylic acids is 2. The fourth-order valence-electron chi connectivity index (χ4n) is 4.16. The van der Waals surface area contributed by atoms with Gasteiger partial charge in [0.25, 0.3) is 0 Å². The van der Waals surface area contributed by atoms with Crippen LogP contribution in [0, 0.1) is 0 Å². The quantitative estimate of drug-likeness (QED) is 0.483. The second kappa shape index (κ2) is 10.3. The molecule has 0 radical (unpaired) electrons. The van der Waals surface area contributed by atoms with E-state index in [2.05, 4.69) is 46.6 Å². The molecule has 33 heavy (non-hydrogen) atoms. The van der Waals surface area contributed by atoms with Crippen LogP contribution in [0.4, 0.5) is 0 Å². The second-order valence-electron chi connectivity index (χ2n) is 8.08. The predicted molar refractivity (Wildman–Crippen MR) is 132 cm³/mol. The van der Waals surface area contributed by atoms with Crippen LogP contribution in [0.25, 0.3) is 0 Å². The predicted octanol–water partition coefficient (Wildman–Crippen LogP) is 3.89. The van der Waals surface area contributed by atoms with E-state index in [0.29, 0.717) is 24.6 Å². The first-order valence-electron chi connectivity index (χ1n) is 10.9. The first-order chi connectivity index (χ1) is 16.2. The zero-order valence-corrected chi connectivity index (χ0v) is 20.6. The van der Waals surface area contributed by atoms with Crippen molar-refractivity contribution >= 4 is 46.7 Å². The van der Waals surface area contributed by atoms with E-state index in [1.165, 1.54) is 57.1 Å². The summed E-state index contributed by atoms with van der Waals surface area (Å²) in [6.07, 6.45) is 1.81. The molecule has 0 atom stereocenters. The van der Waals surface area contributed by atoms with Crippen LogP contribution in [-0.2, 0) is 35.5 Å². The summed E-state index contributed by atoms with van der Waals surface area (Å²) < 4.78 is 1.53. The Kier molecular flexibility index (Phi) is 6.99. The van der Waals surface area contributed by atoms with Crippen LogP contribution in [-0.4, -0.2) is 56.4 Å². The Morgan fingerprint density at radius 1 is 0.727 bits per heavy atom. The Morgan fingerprint density at radius 3 is 1.61 bits per heavy atom. The molecule has 0 spiro atoms. The lowest BCUT2D eigenvalue weighted by Gasteiger charge is -2.28. The minimum Gasteiger partial charge on any atom is -0.337 e. The van der Waals surface area contributed by atoms with Crippen molar-refractivity contribution < 1.29 is 9.59 Å². The molecule has 2 aliphatic heterocycles. The highest BCUT2D eigenvalue weighted by Gasteiger charge is 2.22. The smallest absolute Gasteiger partial charge is 0.233 e. The molecule has 0 unspecified atom stereocenters. The van der Waals surface area contributed by atoms with Gasteiger partial charge in [-0.3, -0.25) is 9.59 Å². The summed E-state index contributed by atoms with van der Waals surface area (Å²) in [6.45, 7) is 2.87. The van der Waals surface area contributed by atoms with E-state index in [-0.39, 0.29) is 11.8 Å². The van der Waals surface area contributed by atoms with Gasteiger partial charge in [0.2, 0.25) is 11.8 Å². The minimum absolute atomic E-state index is 0.125. The van der Waals surface area contributed by atoms with Gasteiger partial charge in [0.1, 0.15) is 0 Å². The fraction of sp³-hybridized carbons (Fsp3) is 0.333. The Labute approximate surface area is 205 Å². The van der Waals surface area contributed by atoms with E-state index in [4.69, 9.17) is 0 Å². The highest BCUT2D eigenvalue weighted by Crippen LogP contribution is 2.30. The van der Waals surface area contributed by atoms with Gasteiger partial charge < -0.3 is 9.80 Å². The van der Waals surface area contributed by atoms with Gasteiger partial charge in [0, 0.05) is 26.2 Å². The maximum atomic E-state index is 12.7. The average molecular weight is 497 g/mol. The van der Waals surface area contributed by atoms with Gasteiger partial charge in [0.15, 0.2) is 8.68 Å². The second-order valence-corrected chi connectivity index (χ2v) is 11.5. The van der Waals surface area contributed by atoms with Crippen molar-refractivity contribution in [2.75, 3.05) is 24.6 Å². The van der Waals surface area contributed by atoms with Gasteiger partial charge >= 0.3 is 0 Å². The Hall–Kier alpha value is -2.36. The Bertz CT molecular complexity index is 1080. The highest BCUT2D eigenvalue weighted by atomic mass is 32.2. The molecule has 0 fully saturated rings. The zero-order valence-electron chi connectivity index (χ0n) is 18.1. The molecule has 9 heteroatoms. The number of fused-ring (bicyclic) bond motifs is 2. The average Bonchev–Trinajstić information content (AvgIpc) is 3.33. The molecule has 0 aliphatic carbocycles. The first-order valence-corrected chi connectivity index (χ1v) is 13.7. The van der Waals surface area contributed by atoms with Crippen molar-refractivity contribution in [3.05, 3.63) is 70.8 Å². The van der Waals surface area contributed by atoms with Crippen LogP contribution in [0.5, 0.6) is 0 Å². The number of rotatable bonds is 6. The number of hydrogen-bond acceptors (Lipinski definition) is 7. The summed E-state index contributed by atoms with van der Waals surface area (Å²) in [5.74, 6) is 0.958. The van der Waals surface area contributed by atoms with Crippen LogP contribution in [0.2, 0.25) is 0 Å². The van der Waals surface area contributed by atoms with E-state index in [9.17, 15) is 9.59 Å². The van der Waals surface area contributed by atoms with E-state index in [1.807, 2.05) is 21.9 Å². The van der Waals surface area contributed by atoms with Crippen molar-refractivity contribution in [1.29, 1.82) is 0 Å². The molecule has 1 aromatic heterocycles. The SMILES string of the molecule is O=C(CSc1nnc(SCC(=O)N2CCc3ccccc3C2)s1)N1CCc2ccccc2C1. The number of benzene rings is 2. The minimum atomic E-state index is 0.125. The Morgan fingerprint density at radius 2 is 1.15 bits per heavy atom. The summed E-state index contributed by atoms with van der Waals surface area (Å²) in [5, 5.41) is 8.41. The molecule has 0 saturated carbocycles. The van der Waals surface area contributed by atoms with Gasteiger partial charge in [-0.05, 0) is 35.1 Å². The molecular weight excluding hydrogens is 472 g/mol. The van der Waals surface area contributed by atoms with E-state index < -0.39 is 0 Å². The normalized spacial score (nSPS) is 15.2. The Balaban J connectivity index is 1.08. The molecule has 2 aliphatic rings. The van der Waals surface area contributed by atoms with E-state index in [1.54, 1.807) is 0 Å². The number of hydrogen-bond donors (Lipinski definition) is 0. The molecule has 3 heterocycles. The number of amides is 2. The molecule has 0 bridgehead atoms. The molecule has 6 nitrogen and oxygen atoms in total. The summed E-state index contributed by atoms with van der Waals surface area (Å²) in [5.41, 5.74) is 5.14. The summed E-state index contributed by atoms with van der Waals surface area (Å²) >= 11 is 4.30. The monoisotopic (exact) mass is 496 g/mol. The molecular formula is C24H24N4O2S3. The number of carbonyl (C=O) groups is 2. The van der Waals surface area contributed by atoms with Crippen molar-refractivity contribution in [2.24, 2.45) is 0 Å². The lowest BCUT2D eigenvalue weighted by molar-refractivity contribution is -0.130. The van der Waals surface area contributed by atoms with Crippen molar-refractivity contribution in [1.82, 2.24) is 20.0 Å². The van der Waals surface area contributed by atoms with Crippen molar-refractivity contribution in [3.8, 4) is 0 Å². The van der Waals surface area contributed by atoms with Crippen LogP contribution >= 0.6 is 34.9 Å². The van der Waals surface area contributed by atoms with Crippen molar-refractivity contribution in [3.63, 3.8) is 0 Å². The van der Waals surface area contributed by atoms with Crippen LogP contribution in [0.1, 0.15) is 22.3 Å². The lowest BCUT2D eigenvalue weighted by atomic mass is 10.00. The zero-order chi connectivity index (χ0) is 22.6. The largest absolute Gasteiger partial charge is 0.337 e. The van der Waals surface area contributed by atoms with Gasteiger partial charge in [-0.2, -0.15) is 0 Å². The van der Waals surface area contributed by atoms with Crippen molar-refractivity contribution in [2.45, 2.75) is 34.6 Å². The third-order valence-electron chi connectivity index (χ3n) is 5.99. The number of thioether (sulfide) groups is 2. The molecule has 3 aromatic rings. The van der Waals surface area contributed by atoms with Gasteiger partial charge in [0.05, 0.1) is 11.5 Å². The van der Waals surface area contributed by atoms with Crippen LogP contribution in [0.3, 0.4) is 0 Å². The summed E-state index contributed by atoms with van der Waals surface area (Å²) in [6, 6.07) is 16.6. The lowest BCUT2D eigenvalue weighted by Crippen LogP contribution is -2.37. The summed E-state index contributed by atoms with van der Waals surface area (Å²) in [7, 11) is 0. The van der Waals surface area contributed by atoms with Gasteiger partial charge in [-0.25, -0.2) is 0 Å². The molecule has 170 valence electrons. The fourth-order valence-corrected chi connectivity index (χ4v) is 6.99. The van der Waals surface area contributed by atoms with E-state index in [0.717, 1.165) is 34.6 Å². The third-order valence-corrected chi connectivity index (χ3v) is 9.15. The standard InChI is InChI=1S/C24H24N4O2S3/c29-21(27-11-9-17-5-1-3-7-19(17)13-27)15-31-23-25-26-24(33-23)32-16-22(30)28-12-10-18-6-2-4-8-20(18)14-28/h1-8H,9-16H2. The highest BCUT2D eigenvalue weighted by molar-refractivity contribution is 8.03. The maximum absolute atomic E-state index is 12.7. The molecule has 5 rings (SSSR count). The third kappa shape index (κ3) is 5.42. The van der Waals surface area contributed by atoms with Crippen LogP contribution < -0.4 is 0 Å². The van der Waals surface area contributed by atoms with E-state index >= 15 is 0 Å².